The third-order valence-electron chi connectivity index (χ3n) is 2.45. The minimum atomic E-state index is -0.893. The summed E-state index contributed by atoms with van der Waals surface area (Å²) in [6, 6.07) is 3.80. The molecule has 0 heterocycles. The van der Waals surface area contributed by atoms with E-state index in [9.17, 15) is 14.0 Å². The van der Waals surface area contributed by atoms with Crippen LogP contribution in [-0.4, -0.2) is 30.4 Å². The van der Waals surface area contributed by atoms with E-state index in [0.717, 1.165) is 24.7 Å². The number of hydrogen-bond acceptors (Lipinski definition) is 3. The Morgan fingerprint density at radius 3 is 2.70 bits per heavy atom. The maximum absolute atomic E-state index is 13.4. The minimum Gasteiger partial charge on any atom is -0.348 e. The molecule has 2 N–H and O–H groups in total. The topological polar surface area (TPSA) is 58.2 Å². The highest BCUT2D eigenvalue weighted by molar-refractivity contribution is 7.98. The van der Waals surface area contributed by atoms with E-state index < -0.39 is 17.6 Å². The summed E-state index contributed by atoms with van der Waals surface area (Å²) in [4.78, 5) is 23.0. The first-order chi connectivity index (χ1) is 9.54. The number of carbonyl (C=O) groups excluding carboxylic acids is 2. The van der Waals surface area contributed by atoms with E-state index in [-0.39, 0.29) is 10.7 Å². The quantitative estimate of drug-likeness (QED) is 0.626. The molecular weight excluding hydrogens is 303 g/mol. The van der Waals surface area contributed by atoms with Crippen molar-refractivity contribution in [1.29, 1.82) is 0 Å². The van der Waals surface area contributed by atoms with Crippen LogP contribution in [-0.2, 0) is 9.59 Å². The van der Waals surface area contributed by atoms with Gasteiger partial charge in [-0.25, -0.2) is 4.39 Å². The fraction of sp³-hybridized carbons (Fsp3) is 0.385. The van der Waals surface area contributed by atoms with Gasteiger partial charge in [0.1, 0.15) is 5.82 Å². The van der Waals surface area contributed by atoms with E-state index in [0.29, 0.717) is 6.54 Å². The second-order valence-corrected chi connectivity index (χ2v) is 5.46. The number of unbranched alkanes of at least 4 members (excludes halogenated alkanes) is 1. The predicted octanol–water partition coefficient (Wildman–Crippen LogP) is 2.68. The van der Waals surface area contributed by atoms with Gasteiger partial charge in [0.25, 0.3) is 0 Å². The van der Waals surface area contributed by atoms with Crippen molar-refractivity contribution in [2.24, 2.45) is 0 Å². The third-order valence-corrected chi connectivity index (χ3v) is 3.38. The zero-order valence-corrected chi connectivity index (χ0v) is 12.6. The lowest BCUT2D eigenvalue weighted by Crippen LogP contribution is -2.36. The van der Waals surface area contributed by atoms with Gasteiger partial charge in [-0.3, -0.25) is 9.59 Å². The van der Waals surface area contributed by atoms with Gasteiger partial charge in [0.05, 0.1) is 5.69 Å². The smallest absolute Gasteiger partial charge is 0.313 e. The Bertz CT molecular complexity index is 485. The Morgan fingerprint density at radius 1 is 1.30 bits per heavy atom. The van der Waals surface area contributed by atoms with Crippen LogP contribution in [0.5, 0.6) is 0 Å². The first-order valence-electron chi connectivity index (χ1n) is 6.07. The molecule has 0 saturated carbocycles. The molecule has 1 aromatic rings. The van der Waals surface area contributed by atoms with Crippen LogP contribution in [0.1, 0.15) is 12.8 Å². The molecule has 7 heteroatoms. The highest BCUT2D eigenvalue weighted by Crippen LogP contribution is 2.18. The number of hydrogen-bond donors (Lipinski definition) is 2. The fourth-order valence-electron chi connectivity index (χ4n) is 1.42. The standard InChI is InChI=1S/C13H16ClFN2O2S/c1-20-7-3-2-6-16-12(18)13(19)17-11-5-4-9(14)8-10(11)15/h4-5,8H,2-3,6-7H2,1H3,(H,16,18)(H,17,19). The van der Waals surface area contributed by atoms with Crippen LogP contribution in [0.2, 0.25) is 5.02 Å². The van der Waals surface area contributed by atoms with Crippen molar-refractivity contribution in [2.75, 3.05) is 23.9 Å². The number of amides is 2. The van der Waals surface area contributed by atoms with E-state index in [1.165, 1.54) is 12.1 Å². The monoisotopic (exact) mass is 318 g/mol. The summed E-state index contributed by atoms with van der Waals surface area (Å²) in [5, 5.41) is 4.91. The summed E-state index contributed by atoms with van der Waals surface area (Å²) in [5.41, 5.74) is -0.0723. The minimum absolute atomic E-state index is 0.0723. The fourth-order valence-corrected chi connectivity index (χ4v) is 2.08. The lowest BCUT2D eigenvalue weighted by atomic mass is 10.3. The zero-order chi connectivity index (χ0) is 15.0. The van der Waals surface area contributed by atoms with Crippen LogP contribution in [0.15, 0.2) is 18.2 Å². The molecule has 0 aliphatic carbocycles. The maximum Gasteiger partial charge on any atom is 0.313 e. The molecular formula is C13H16ClFN2O2S. The lowest BCUT2D eigenvalue weighted by molar-refractivity contribution is -0.136. The molecule has 0 aliphatic heterocycles. The van der Waals surface area contributed by atoms with Gasteiger partial charge in [0.15, 0.2) is 0 Å². The average molecular weight is 319 g/mol. The molecule has 0 radical (unpaired) electrons. The predicted molar refractivity (Wildman–Crippen MR) is 80.7 cm³/mol. The van der Waals surface area contributed by atoms with Crippen molar-refractivity contribution in [3.8, 4) is 0 Å². The highest BCUT2D eigenvalue weighted by atomic mass is 35.5. The van der Waals surface area contributed by atoms with E-state index in [4.69, 9.17) is 11.6 Å². The molecule has 110 valence electrons. The molecule has 0 spiro atoms. The van der Waals surface area contributed by atoms with Gasteiger partial charge in [-0.1, -0.05) is 11.6 Å². The average Bonchev–Trinajstić information content (AvgIpc) is 2.41. The van der Waals surface area contributed by atoms with Gasteiger partial charge in [0, 0.05) is 11.6 Å². The normalized spacial score (nSPS) is 10.2. The lowest BCUT2D eigenvalue weighted by Gasteiger charge is -2.07. The van der Waals surface area contributed by atoms with Crippen molar-refractivity contribution < 1.29 is 14.0 Å². The number of halogens is 2. The summed E-state index contributed by atoms with van der Waals surface area (Å²) >= 11 is 7.32. The van der Waals surface area contributed by atoms with Crippen LogP contribution in [0.4, 0.5) is 10.1 Å². The van der Waals surface area contributed by atoms with E-state index in [1.807, 2.05) is 6.26 Å². The number of nitrogens with one attached hydrogen (secondary N) is 2. The SMILES string of the molecule is CSCCCCNC(=O)C(=O)Nc1ccc(Cl)cc1F. The molecule has 0 aromatic heterocycles. The van der Waals surface area contributed by atoms with Crippen LogP contribution in [0.25, 0.3) is 0 Å². The molecule has 1 rings (SSSR count). The molecule has 0 unspecified atom stereocenters. The maximum atomic E-state index is 13.4. The second-order valence-electron chi connectivity index (χ2n) is 4.03. The van der Waals surface area contributed by atoms with E-state index in [2.05, 4.69) is 10.6 Å². The number of benzene rings is 1. The van der Waals surface area contributed by atoms with E-state index in [1.54, 1.807) is 11.8 Å². The van der Waals surface area contributed by atoms with Crippen molar-refractivity contribution in [3.63, 3.8) is 0 Å². The third kappa shape index (κ3) is 5.79. The number of rotatable bonds is 6. The molecule has 4 nitrogen and oxygen atoms in total. The Hall–Kier alpha value is -1.27. The first-order valence-corrected chi connectivity index (χ1v) is 7.85. The molecule has 0 atom stereocenters. The Morgan fingerprint density at radius 2 is 2.05 bits per heavy atom. The molecule has 0 bridgehead atoms. The van der Waals surface area contributed by atoms with E-state index >= 15 is 0 Å². The Labute approximate surface area is 126 Å². The first kappa shape index (κ1) is 16.8. The van der Waals surface area contributed by atoms with Crippen molar-refractivity contribution in [2.45, 2.75) is 12.8 Å². The second kappa shape index (κ2) is 8.81. The molecule has 0 aliphatic rings. The zero-order valence-electron chi connectivity index (χ0n) is 11.0. The van der Waals surface area contributed by atoms with Gasteiger partial charge in [-0.2, -0.15) is 11.8 Å². The molecule has 20 heavy (non-hydrogen) atoms. The molecule has 0 saturated heterocycles. The van der Waals surface area contributed by atoms with Gasteiger partial charge in [-0.05, 0) is 43.0 Å². The van der Waals surface area contributed by atoms with Crippen LogP contribution < -0.4 is 10.6 Å². The number of thioether (sulfide) groups is 1. The molecule has 2 amide bonds. The van der Waals surface area contributed by atoms with Gasteiger partial charge >= 0.3 is 11.8 Å². The van der Waals surface area contributed by atoms with Crippen molar-refractivity contribution >= 4 is 40.9 Å². The summed E-state index contributed by atoms with van der Waals surface area (Å²) in [6.07, 6.45) is 3.77. The van der Waals surface area contributed by atoms with Gasteiger partial charge in [-0.15, -0.1) is 0 Å². The van der Waals surface area contributed by atoms with Gasteiger partial charge < -0.3 is 10.6 Å². The Balaban J connectivity index is 2.39. The van der Waals surface area contributed by atoms with Crippen LogP contribution >= 0.6 is 23.4 Å². The molecule has 1 aromatic carbocycles. The number of anilines is 1. The summed E-state index contributed by atoms with van der Waals surface area (Å²) in [5.74, 6) is -1.34. The van der Waals surface area contributed by atoms with Crippen molar-refractivity contribution in [3.05, 3.63) is 29.0 Å². The molecule has 0 fully saturated rings. The Kier molecular flexibility index (Phi) is 7.40. The van der Waals surface area contributed by atoms with Crippen LogP contribution in [0, 0.1) is 5.82 Å². The van der Waals surface area contributed by atoms with Crippen LogP contribution in [0.3, 0.4) is 0 Å². The van der Waals surface area contributed by atoms with Crippen molar-refractivity contribution in [1.82, 2.24) is 5.32 Å². The summed E-state index contributed by atoms with van der Waals surface area (Å²) < 4.78 is 13.4. The number of carbonyl (C=O) groups is 2. The van der Waals surface area contributed by atoms with Gasteiger partial charge in [0.2, 0.25) is 0 Å². The largest absolute Gasteiger partial charge is 0.348 e. The summed E-state index contributed by atoms with van der Waals surface area (Å²) in [6.45, 7) is 0.427. The summed E-state index contributed by atoms with van der Waals surface area (Å²) in [7, 11) is 0. The highest BCUT2D eigenvalue weighted by Gasteiger charge is 2.15.